The molecule has 0 aromatic heterocycles. The van der Waals surface area contributed by atoms with Gasteiger partial charge in [0.2, 0.25) is 0 Å². The van der Waals surface area contributed by atoms with Crippen LogP contribution in [-0.2, 0) is 9.53 Å². The molecule has 0 radical (unpaired) electrons. The molecule has 0 aliphatic rings. The van der Waals surface area contributed by atoms with Crippen LogP contribution in [0.15, 0.2) is 42.5 Å². The van der Waals surface area contributed by atoms with Gasteiger partial charge in [-0.25, -0.2) is 4.79 Å². The first kappa shape index (κ1) is 21.4. The molecule has 0 saturated heterocycles. The number of thioether (sulfide) groups is 1. The summed E-state index contributed by atoms with van der Waals surface area (Å²) in [4.78, 5) is 24.2. The predicted molar refractivity (Wildman–Crippen MR) is 110 cm³/mol. The van der Waals surface area contributed by atoms with Crippen LogP contribution in [0.1, 0.15) is 17.3 Å². The highest BCUT2D eigenvalue weighted by atomic mass is 35.5. The Labute approximate surface area is 172 Å². The maximum absolute atomic E-state index is 12.3. The number of hydrogen-bond donors (Lipinski definition) is 1. The number of nitrogens with one attached hydrogen (secondary N) is 1. The number of anilines is 1. The quantitative estimate of drug-likeness (QED) is 0.478. The minimum absolute atomic E-state index is 0.279. The molecule has 1 atom stereocenters. The van der Waals surface area contributed by atoms with E-state index in [-0.39, 0.29) is 10.9 Å². The fraction of sp³-hybridized carbons (Fsp3) is 0.263. The molecule has 0 spiro atoms. The Morgan fingerprint density at radius 3 is 2.52 bits per heavy atom. The third kappa shape index (κ3) is 6.34. The Hall–Kier alpha value is -1.89. The van der Waals surface area contributed by atoms with Crippen molar-refractivity contribution in [3.05, 3.63) is 58.1 Å². The largest absolute Gasteiger partial charge is 0.479 e. The highest BCUT2D eigenvalue weighted by Crippen LogP contribution is 2.29. The predicted octanol–water partition coefficient (Wildman–Crippen LogP) is 4.92. The number of esters is 1. The zero-order valence-electron chi connectivity index (χ0n) is 14.8. The van der Waals surface area contributed by atoms with Crippen LogP contribution >= 0.6 is 35.0 Å². The molecular weight excluding hydrogens is 409 g/mol. The number of carbonyl (C=O) groups excluding carboxylic acids is 2. The molecule has 0 aliphatic heterocycles. The number of benzene rings is 2. The molecule has 1 amide bonds. The SMILES string of the molecule is CSCCOC(=O)C(C)Oc1ccc(C(=O)Nc2cccc(Cl)c2Cl)cc1. The molecule has 2 aromatic carbocycles. The second-order valence-electron chi connectivity index (χ2n) is 5.50. The van der Waals surface area contributed by atoms with Crippen molar-refractivity contribution in [3.8, 4) is 5.75 Å². The average Bonchev–Trinajstić information content (AvgIpc) is 2.66. The molecule has 5 nitrogen and oxygen atoms in total. The van der Waals surface area contributed by atoms with Crippen molar-refractivity contribution in [3.63, 3.8) is 0 Å². The van der Waals surface area contributed by atoms with Crippen LogP contribution in [-0.4, -0.2) is 36.6 Å². The maximum atomic E-state index is 12.3. The van der Waals surface area contributed by atoms with Crippen molar-refractivity contribution < 1.29 is 19.1 Å². The van der Waals surface area contributed by atoms with Gasteiger partial charge in [-0.05, 0) is 49.6 Å². The zero-order valence-corrected chi connectivity index (χ0v) is 17.2. The topological polar surface area (TPSA) is 64.6 Å². The molecule has 2 aromatic rings. The Morgan fingerprint density at radius 2 is 1.85 bits per heavy atom. The number of halogens is 2. The lowest BCUT2D eigenvalue weighted by atomic mass is 10.2. The van der Waals surface area contributed by atoms with Crippen LogP contribution in [0.5, 0.6) is 5.75 Å². The molecular formula is C19H19Cl2NO4S. The minimum atomic E-state index is -0.739. The van der Waals surface area contributed by atoms with Gasteiger partial charge in [0.15, 0.2) is 6.10 Å². The van der Waals surface area contributed by atoms with E-state index in [0.29, 0.717) is 28.6 Å². The lowest BCUT2D eigenvalue weighted by Gasteiger charge is -2.14. The van der Waals surface area contributed by atoms with Gasteiger partial charge >= 0.3 is 5.97 Å². The summed E-state index contributed by atoms with van der Waals surface area (Å²) in [6, 6.07) is 11.4. The molecule has 0 aliphatic carbocycles. The van der Waals surface area contributed by atoms with E-state index in [1.165, 1.54) is 0 Å². The summed E-state index contributed by atoms with van der Waals surface area (Å²) in [5.41, 5.74) is 0.838. The lowest BCUT2D eigenvalue weighted by Crippen LogP contribution is -2.26. The smallest absolute Gasteiger partial charge is 0.347 e. The monoisotopic (exact) mass is 427 g/mol. The fourth-order valence-electron chi connectivity index (χ4n) is 2.07. The summed E-state index contributed by atoms with van der Waals surface area (Å²) < 4.78 is 10.6. The molecule has 27 heavy (non-hydrogen) atoms. The number of carbonyl (C=O) groups is 2. The molecule has 144 valence electrons. The Bertz CT molecular complexity index is 799. The van der Waals surface area contributed by atoms with Gasteiger partial charge in [-0.2, -0.15) is 11.8 Å². The van der Waals surface area contributed by atoms with Gasteiger partial charge in [-0.15, -0.1) is 0 Å². The first-order valence-corrected chi connectivity index (χ1v) is 10.2. The van der Waals surface area contributed by atoms with Gasteiger partial charge < -0.3 is 14.8 Å². The van der Waals surface area contributed by atoms with Gasteiger partial charge in [0.25, 0.3) is 5.91 Å². The van der Waals surface area contributed by atoms with E-state index in [1.807, 2.05) is 6.26 Å². The maximum Gasteiger partial charge on any atom is 0.347 e. The second-order valence-corrected chi connectivity index (χ2v) is 7.27. The third-order valence-electron chi connectivity index (χ3n) is 3.49. The molecule has 0 heterocycles. The highest BCUT2D eigenvalue weighted by Gasteiger charge is 2.16. The zero-order chi connectivity index (χ0) is 19.8. The minimum Gasteiger partial charge on any atom is -0.479 e. The lowest BCUT2D eigenvalue weighted by molar-refractivity contribution is -0.150. The normalized spacial score (nSPS) is 11.6. The van der Waals surface area contributed by atoms with Gasteiger partial charge in [0.05, 0.1) is 15.7 Å². The summed E-state index contributed by atoms with van der Waals surface area (Å²) in [6.07, 6.45) is 1.20. The third-order valence-corrected chi connectivity index (χ3v) is 4.89. The van der Waals surface area contributed by atoms with Crippen molar-refractivity contribution in [1.29, 1.82) is 0 Å². The first-order chi connectivity index (χ1) is 12.9. The van der Waals surface area contributed by atoms with E-state index < -0.39 is 12.1 Å². The van der Waals surface area contributed by atoms with Gasteiger partial charge in [0.1, 0.15) is 12.4 Å². The molecule has 8 heteroatoms. The van der Waals surface area contributed by atoms with Crippen LogP contribution in [0.4, 0.5) is 5.69 Å². The van der Waals surface area contributed by atoms with Gasteiger partial charge in [0, 0.05) is 11.3 Å². The molecule has 1 unspecified atom stereocenters. The fourth-order valence-corrected chi connectivity index (χ4v) is 2.67. The Balaban J connectivity index is 1.95. The summed E-state index contributed by atoms with van der Waals surface area (Å²) in [5, 5.41) is 3.34. The van der Waals surface area contributed by atoms with Crippen LogP contribution < -0.4 is 10.1 Å². The van der Waals surface area contributed by atoms with E-state index in [9.17, 15) is 9.59 Å². The number of rotatable bonds is 8. The molecule has 0 saturated carbocycles. The van der Waals surface area contributed by atoms with E-state index in [1.54, 1.807) is 61.2 Å². The van der Waals surface area contributed by atoms with Crippen molar-refractivity contribution in [1.82, 2.24) is 0 Å². The van der Waals surface area contributed by atoms with Crippen LogP contribution in [0.3, 0.4) is 0 Å². The summed E-state index contributed by atoms with van der Waals surface area (Å²) in [7, 11) is 0. The molecule has 2 rings (SSSR count). The molecule has 0 bridgehead atoms. The van der Waals surface area contributed by atoms with E-state index in [0.717, 1.165) is 5.75 Å². The molecule has 0 fully saturated rings. The number of hydrogen-bond acceptors (Lipinski definition) is 5. The number of amides is 1. The van der Waals surface area contributed by atoms with E-state index in [2.05, 4.69) is 5.32 Å². The van der Waals surface area contributed by atoms with E-state index in [4.69, 9.17) is 32.7 Å². The molecule has 1 N–H and O–H groups in total. The van der Waals surface area contributed by atoms with Crippen LogP contribution in [0.25, 0.3) is 0 Å². The Morgan fingerprint density at radius 1 is 1.15 bits per heavy atom. The van der Waals surface area contributed by atoms with Gasteiger partial charge in [-0.1, -0.05) is 29.3 Å². The summed E-state index contributed by atoms with van der Waals surface area (Å²) >= 11 is 13.6. The van der Waals surface area contributed by atoms with Gasteiger partial charge in [-0.3, -0.25) is 4.79 Å². The highest BCUT2D eigenvalue weighted by molar-refractivity contribution is 7.98. The number of ether oxygens (including phenoxy) is 2. The van der Waals surface area contributed by atoms with Crippen molar-refractivity contribution in [2.24, 2.45) is 0 Å². The van der Waals surface area contributed by atoms with Crippen LogP contribution in [0, 0.1) is 0 Å². The van der Waals surface area contributed by atoms with Crippen LogP contribution in [0.2, 0.25) is 10.0 Å². The average molecular weight is 428 g/mol. The Kier molecular flexibility index (Phi) is 8.28. The summed E-state index contributed by atoms with van der Waals surface area (Å²) in [5.74, 6) is 0.428. The second kappa shape index (κ2) is 10.4. The first-order valence-electron chi connectivity index (χ1n) is 8.10. The standard InChI is InChI=1S/C19H19Cl2NO4S/c1-12(19(24)25-10-11-27-2)26-14-8-6-13(7-9-14)18(23)22-16-5-3-4-15(20)17(16)21/h3-9,12H,10-11H2,1-2H3,(H,22,23). The van der Waals surface area contributed by atoms with Crippen molar-refractivity contribution in [2.45, 2.75) is 13.0 Å². The van der Waals surface area contributed by atoms with Crippen molar-refractivity contribution >= 4 is 52.5 Å². The summed E-state index contributed by atoms with van der Waals surface area (Å²) in [6.45, 7) is 1.96. The van der Waals surface area contributed by atoms with E-state index >= 15 is 0 Å². The van der Waals surface area contributed by atoms with Crippen molar-refractivity contribution in [2.75, 3.05) is 23.9 Å².